The largest absolute Gasteiger partial charge is 0.460 e. The summed E-state index contributed by atoms with van der Waals surface area (Å²) in [4.78, 5) is 18.4. The first kappa shape index (κ1) is 25.7. The zero-order chi connectivity index (χ0) is 27.1. The van der Waals surface area contributed by atoms with Gasteiger partial charge in [0.15, 0.2) is 0 Å². The SMILES string of the molecule is CC(C)(C)OC(=O)C1CN(Cc2ccc(-c3noc(-c4onc(-c5ccccc5)c4C(F)(F)F)n3)cc2)C1. The lowest BCUT2D eigenvalue weighted by molar-refractivity contribution is -0.166. The molecule has 1 fully saturated rings. The highest BCUT2D eigenvalue weighted by Crippen LogP contribution is 2.43. The van der Waals surface area contributed by atoms with E-state index in [2.05, 4.69) is 20.2 Å². The predicted molar refractivity (Wildman–Crippen MR) is 130 cm³/mol. The van der Waals surface area contributed by atoms with E-state index in [1.165, 1.54) is 12.1 Å². The van der Waals surface area contributed by atoms with Crippen molar-refractivity contribution in [3.05, 3.63) is 65.7 Å². The molecule has 0 N–H and O–H groups in total. The van der Waals surface area contributed by atoms with E-state index in [1.54, 1.807) is 30.3 Å². The number of carbonyl (C=O) groups excluding carboxylic acids is 1. The van der Waals surface area contributed by atoms with Crippen molar-refractivity contribution >= 4 is 5.97 Å². The Morgan fingerprint density at radius 3 is 2.29 bits per heavy atom. The van der Waals surface area contributed by atoms with Crippen molar-refractivity contribution in [2.24, 2.45) is 5.92 Å². The Hall–Kier alpha value is -3.99. The molecule has 1 aliphatic heterocycles. The summed E-state index contributed by atoms with van der Waals surface area (Å²) in [5.41, 5.74) is -0.109. The van der Waals surface area contributed by atoms with Crippen molar-refractivity contribution in [1.29, 1.82) is 0 Å². The maximum Gasteiger partial charge on any atom is 0.422 e. The molecular formula is C27H25F3N4O4. The van der Waals surface area contributed by atoms with E-state index in [4.69, 9.17) is 13.8 Å². The minimum atomic E-state index is -4.75. The molecule has 5 rings (SSSR count). The topological polar surface area (TPSA) is 94.5 Å². The van der Waals surface area contributed by atoms with E-state index < -0.39 is 29.0 Å². The number of alkyl halides is 3. The maximum atomic E-state index is 13.9. The highest BCUT2D eigenvalue weighted by Gasteiger charge is 2.43. The molecule has 38 heavy (non-hydrogen) atoms. The summed E-state index contributed by atoms with van der Waals surface area (Å²) in [6, 6.07) is 15.2. The molecule has 0 radical (unpaired) electrons. The zero-order valence-electron chi connectivity index (χ0n) is 21.0. The number of benzene rings is 2. The van der Waals surface area contributed by atoms with Gasteiger partial charge in [-0.3, -0.25) is 9.69 Å². The summed E-state index contributed by atoms with van der Waals surface area (Å²) in [6.07, 6.45) is -4.75. The van der Waals surface area contributed by atoms with Gasteiger partial charge in [-0.25, -0.2) is 0 Å². The van der Waals surface area contributed by atoms with Crippen LogP contribution in [0, 0.1) is 5.92 Å². The maximum absolute atomic E-state index is 13.9. The molecule has 8 nitrogen and oxygen atoms in total. The van der Waals surface area contributed by atoms with Crippen LogP contribution >= 0.6 is 0 Å². The molecule has 2 aromatic carbocycles. The average Bonchev–Trinajstić information content (AvgIpc) is 3.48. The van der Waals surface area contributed by atoms with E-state index in [9.17, 15) is 18.0 Å². The van der Waals surface area contributed by atoms with Gasteiger partial charge in [0.1, 0.15) is 16.9 Å². The number of rotatable bonds is 6. The average molecular weight is 527 g/mol. The lowest BCUT2D eigenvalue weighted by Crippen LogP contribution is -2.51. The van der Waals surface area contributed by atoms with Crippen LogP contribution in [0.5, 0.6) is 0 Å². The number of halogens is 3. The normalized spacial score (nSPS) is 14.9. The highest BCUT2D eigenvalue weighted by molar-refractivity contribution is 5.74. The molecule has 11 heteroatoms. The van der Waals surface area contributed by atoms with Gasteiger partial charge in [0.2, 0.25) is 11.6 Å². The summed E-state index contributed by atoms with van der Waals surface area (Å²) in [7, 11) is 0. The Morgan fingerprint density at radius 2 is 1.66 bits per heavy atom. The summed E-state index contributed by atoms with van der Waals surface area (Å²) in [5, 5.41) is 7.48. The number of nitrogens with zero attached hydrogens (tertiary/aromatic N) is 4. The van der Waals surface area contributed by atoms with Gasteiger partial charge in [-0.1, -0.05) is 64.9 Å². The minimum absolute atomic E-state index is 0.117. The first-order valence-corrected chi connectivity index (χ1v) is 12.0. The zero-order valence-corrected chi connectivity index (χ0v) is 21.0. The monoisotopic (exact) mass is 526 g/mol. The van der Waals surface area contributed by atoms with Crippen LogP contribution in [-0.2, 0) is 22.3 Å². The second-order valence-electron chi connectivity index (χ2n) is 10.1. The van der Waals surface area contributed by atoms with Crippen LogP contribution in [0.4, 0.5) is 13.2 Å². The summed E-state index contributed by atoms with van der Waals surface area (Å²) < 4.78 is 57.4. The van der Waals surface area contributed by atoms with Crippen molar-refractivity contribution in [2.75, 3.05) is 13.1 Å². The number of esters is 1. The van der Waals surface area contributed by atoms with Gasteiger partial charge in [-0.05, 0) is 26.3 Å². The van der Waals surface area contributed by atoms with Gasteiger partial charge in [-0.2, -0.15) is 18.2 Å². The van der Waals surface area contributed by atoms with Crippen molar-refractivity contribution in [2.45, 2.75) is 39.1 Å². The predicted octanol–water partition coefficient (Wildman–Crippen LogP) is 5.85. The van der Waals surface area contributed by atoms with Crippen LogP contribution in [0.3, 0.4) is 0 Å². The van der Waals surface area contributed by atoms with Gasteiger partial charge >= 0.3 is 12.1 Å². The quantitative estimate of drug-likeness (QED) is 0.289. The van der Waals surface area contributed by atoms with Crippen LogP contribution in [0.1, 0.15) is 31.9 Å². The number of aromatic nitrogens is 3. The number of carbonyl (C=O) groups is 1. The first-order valence-electron chi connectivity index (χ1n) is 12.0. The van der Waals surface area contributed by atoms with Gasteiger partial charge in [0.25, 0.3) is 5.89 Å². The molecule has 0 aliphatic carbocycles. The van der Waals surface area contributed by atoms with Crippen molar-refractivity contribution in [1.82, 2.24) is 20.2 Å². The molecule has 0 spiro atoms. The van der Waals surface area contributed by atoms with Gasteiger partial charge in [0.05, 0.1) is 5.92 Å². The van der Waals surface area contributed by atoms with Crippen LogP contribution in [0.25, 0.3) is 34.3 Å². The molecule has 198 valence electrons. The summed E-state index contributed by atoms with van der Waals surface area (Å²) >= 11 is 0. The van der Waals surface area contributed by atoms with Crippen LogP contribution < -0.4 is 0 Å². The number of likely N-dealkylation sites (tertiary alicyclic amines) is 1. The molecule has 2 aromatic heterocycles. The number of ether oxygens (including phenoxy) is 1. The van der Waals surface area contributed by atoms with E-state index in [0.29, 0.717) is 25.2 Å². The fourth-order valence-electron chi connectivity index (χ4n) is 4.18. The Balaban J connectivity index is 1.28. The standard InChI is InChI=1S/C27H25F3N4O4/c1-26(2,3)36-25(35)19-14-34(15-19)13-16-9-11-18(12-10-16)23-31-24(38-33-23)22-20(27(28,29)30)21(32-37-22)17-7-5-4-6-8-17/h4-12,19H,13-15H2,1-3H3. The van der Waals surface area contributed by atoms with Gasteiger partial charge in [-0.15, -0.1) is 0 Å². The second-order valence-corrected chi connectivity index (χ2v) is 10.1. The van der Waals surface area contributed by atoms with Crippen LogP contribution in [-0.4, -0.2) is 44.9 Å². The van der Waals surface area contributed by atoms with Crippen molar-refractivity contribution < 1.29 is 31.7 Å². The molecule has 0 bridgehead atoms. The third-order valence-electron chi connectivity index (χ3n) is 5.96. The molecule has 0 atom stereocenters. The molecule has 0 amide bonds. The summed E-state index contributed by atoms with van der Waals surface area (Å²) in [5.74, 6) is -1.25. The van der Waals surface area contributed by atoms with Crippen molar-refractivity contribution in [3.63, 3.8) is 0 Å². The summed E-state index contributed by atoms with van der Waals surface area (Å²) in [6.45, 7) is 7.42. The number of hydrogen-bond acceptors (Lipinski definition) is 8. The smallest absolute Gasteiger partial charge is 0.422 e. The van der Waals surface area contributed by atoms with E-state index >= 15 is 0 Å². The highest BCUT2D eigenvalue weighted by atomic mass is 19.4. The van der Waals surface area contributed by atoms with E-state index in [1.807, 2.05) is 32.9 Å². The first-order chi connectivity index (χ1) is 18.0. The van der Waals surface area contributed by atoms with Crippen molar-refractivity contribution in [3.8, 4) is 34.3 Å². The Bertz CT molecular complexity index is 1420. The third kappa shape index (κ3) is 5.47. The molecule has 0 unspecified atom stereocenters. The number of hydrogen-bond donors (Lipinski definition) is 0. The second kappa shape index (κ2) is 9.71. The fraction of sp³-hybridized carbons (Fsp3) is 0.333. The fourth-order valence-corrected chi connectivity index (χ4v) is 4.18. The minimum Gasteiger partial charge on any atom is -0.460 e. The molecule has 1 saturated heterocycles. The molecule has 3 heterocycles. The molecular weight excluding hydrogens is 501 g/mol. The molecule has 0 saturated carbocycles. The van der Waals surface area contributed by atoms with Crippen LogP contribution in [0.15, 0.2) is 63.6 Å². The Morgan fingerprint density at radius 1 is 0.974 bits per heavy atom. The van der Waals surface area contributed by atoms with Gasteiger partial charge in [0, 0.05) is 30.8 Å². The van der Waals surface area contributed by atoms with E-state index in [0.717, 1.165) is 5.56 Å². The van der Waals surface area contributed by atoms with Crippen LogP contribution in [0.2, 0.25) is 0 Å². The lowest BCUT2D eigenvalue weighted by Gasteiger charge is -2.38. The third-order valence-corrected chi connectivity index (χ3v) is 5.96. The lowest BCUT2D eigenvalue weighted by atomic mass is 9.98. The van der Waals surface area contributed by atoms with E-state index in [-0.39, 0.29) is 29.0 Å². The molecule has 4 aromatic rings. The Labute approximate surface area is 216 Å². The van der Waals surface area contributed by atoms with Gasteiger partial charge < -0.3 is 13.8 Å². The Kier molecular flexibility index (Phi) is 6.56. The molecule has 1 aliphatic rings.